The second-order valence-electron chi connectivity index (χ2n) is 10.5. The quantitative estimate of drug-likeness (QED) is 0.0834. The van der Waals surface area contributed by atoms with E-state index in [1.54, 1.807) is 20.8 Å². The van der Waals surface area contributed by atoms with Gasteiger partial charge in [0.25, 0.3) is 0 Å². The number of rotatable bonds is 21. The van der Waals surface area contributed by atoms with Crippen molar-refractivity contribution >= 4 is 35.6 Å². The Hall–Kier alpha value is -2.13. The second-order valence-corrected chi connectivity index (χ2v) is 11.8. The highest BCUT2D eigenvalue weighted by molar-refractivity contribution is 8.00. The maximum Gasteiger partial charge on any atom is 0.332 e. The van der Waals surface area contributed by atoms with Gasteiger partial charge in [0.15, 0.2) is 0 Å². The Morgan fingerprint density at radius 2 is 1.48 bits per heavy atom. The average molecular weight is 591 g/mol. The van der Waals surface area contributed by atoms with Crippen molar-refractivity contribution in [3.63, 3.8) is 0 Å². The highest BCUT2D eigenvalue weighted by Gasteiger charge is 2.42. The van der Waals surface area contributed by atoms with E-state index < -0.39 is 11.6 Å². The molecule has 0 saturated carbocycles. The predicted molar refractivity (Wildman–Crippen MR) is 149 cm³/mol. The van der Waals surface area contributed by atoms with E-state index in [4.69, 9.17) is 23.7 Å². The highest BCUT2D eigenvalue weighted by atomic mass is 32.2. The smallest absolute Gasteiger partial charge is 0.332 e. The van der Waals surface area contributed by atoms with Crippen LogP contribution in [-0.2, 0) is 38.1 Å². The third-order valence-electron chi connectivity index (χ3n) is 5.83. The Bertz CT molecular complexity index is 797. The number of amides is 4. The largest absolute Gasteiger partial charge is 0.458 e. The van der Waals surface area contributed by atoms with E-state index in [9.17, 15) is 19.2 Å². The lowest BCUT2D eigenvalue weighted by Crippen LogP contribution is -2.36. The SMILES string of the molecule is CC(C)(C)OC(=O)COCCOCCNC(=O)COCCOCCNC(=O)CCCC[C@@H]1SC[C@@H]2NC(=O)N[C@@H]21. The van der Waals surface area contributed by atoms with Gasteiger partial charge in [0.2, 0.25) is 11.8 Å². The summed E-state index contributed by atoms with van der Waals surface area (Å²) in [4.78, 5) is 46.6. The third-order valence-corrected chi connectivity index (χ3v) is 7.34. The molecule has 4 N–H and O–H groups in total. The molecular formula is C26H46N4O9S. The number of carbonyl (C=O) groups is 4. The average Bonchev–Trinajstić information content (AvgIpc) is 3.43. The van der Waals surface area contributed by atoms with Gasteiger partial charge in [0.1, 0.15) is 18.8 Å². The summed E-state index contributed by atoms with van der Waals surface area (Å²) in [6.07, 6.45) is 3.23. The molecule has 2 fully saturated rings. The fourth-order valence-corrected chi connectivity index (χ4v) is 5.61. The van der Waals surface area contributed by atoms with E-state index in [1.165, 1.54) is 0 Å². The zero-order chi connectivity index (χ0) is 29.2. The van der Waals surface area contributed by atoms with Crippen molar-refractivity contribution in [3.8, 4) is 0 Å². The van der Waals surface area contributed by atoms with Gasteiger partial charge in [-0.25, -0.2) is 9.59 Å². The summed E-state index contributed by atoms with van der Waals surface area (Å²) in [5.74, 6) is 0.266. The van der Waals surface area contributed by atoms with Crippen LogP contribution in [0.1, 0.15) is 46.5 Å². The van der Waals surface area contributed by atoms with Gasteiger partial charge in [-0.15, -0.1) is 0 Å². The lowest BCUT2D eigenvalue weighted by molar-refractivity contribution is -0.160. The van der Waals surface area contributed by atoms with Crippen LogP contribution in [0.25, 0.3) is 0 Å². The van der Waals surface area contributed by atoms with E-state index in [-0.39, 0.29) is 56.4 Å². The highest BCUT2D eigenvalue weighted by Crippen LogP contribution is 2.33. The van der Waals surface area contributed by atoms with Crippen molar-refractivity contribution in [1.29, 1.82) is 0 Å². The molecule has 13 nitrogen and oxygen atoms in total. The van der Waals surface area contributed by atoms with Crippen LogP contribution in [0.4, 0.5) is 4.79 Å². The van der Waals surface area contributed by atoms with Crippen molar-refractivity contribution in [2.45, 2.75) is 69.4 Å². The summed E-state index contributed by atoms with van der Waals surface area (Å²) in [5, 5.41) is 11.9. The van der Waals surface area contributed by atoms with Gasteiger partial charge < -0.3 is 45.0 Å². The number of thioether (sulfide) groups is 1. The molecular weight excluding hydrogens is 544 g/mol. The minimum Gasteiger partial charge on any atom is -0.458 e. The Morgan fingerprint density at radius 3 is 2.15 bits per heavy atom. The first kappa shape index (κ1) is 34.1. The molecule has 0 unspecified atom stereocenters. The van der Waals surface area contributed by atoms with Crippen LogP contribution in [0.15, 0.2) is 0 Å². The lowest BCUT2D eigenvalue weighted by atomic mass is 10.0. The predicted octanol–water partition coefficient (Wildman–Crippen LogP) is 0.353. The minimum atomic E-state index is -0.540. The zero-order valence-corrected chi connectivity index (χ0v) is 24.7. The Kier molecular flexibility index (Phi) is 16.2. The number of hydrogen-bond donors (Lipinski definition) is 4. The maximum atomic E-state index is 12.0. The third kappa shape index (κ3) is 15.6. The first-order chi connectivity index (χ1) is 19.1. The monoisotopic (exact) mass is 590 g/mol. The van der Waals surface area contributed by atoms with Crippen molar-refractivity contribution in [2.75, 3.05) is 71.7 Å². The molecule has 2 heterocycles. The molecule has 0 aliphatic carbocycles. The van der Waals surface area contributed by atoms with Gasteiger partial charge >= 0.3 is 12.0 Å². The van der Waals surface area contributed by atoms with Crippen molar-refractivity contribution in [1.82, 2.24) is 21.3 Å². The normalized spacial score (nSPS) is 20.0. The van der Waals surface area contributed by atoms with Gasteiger partial charge in [-0.3, -0.25) is 9.59 Å². The molecule has 2 aliphatic heterocycles. The second kappa shape index (κ2) is 19.1. The molecule has 0 spiro atoms. The van der Waals surface area contributed by atoms with Gasteiger partial charge in [0.05, 0.1) is 51.7 Å². The summed E-state index contributed by atoms with van der Waals surface area (Å²) in [6.45, 7) is 7.74. The van der Waals surface area contributed by atoms with Crippen LogP contribution in [0.5, 0.6) is 0 Å². The van der Waals surface area contributed by atoms with E-state index in [0.29, 0.717) is 51.2 Å². The van der Waals surface area contributed by atoms with E-state index in [0.717, 1.165) is 25.0 Å². The molecule has 0 aromatic carbocycles. The van der Waals surface area contributed by atoms with Gasteiger partial charge in [-0.05, 0) is 33.6 Å². The Labute approximate surface area is 240 Å². The van der Waals surface area contributed by atoms with Crippen LogP contribution in [-0.4, -0.2) is 118 Å². The Balaban J connectivity index is 1.29. The van der Waals surface area contributed by atoms with Gasteiger partial charge in [-0.2, -0.15) is 11.8 Å². The fraction of sp³-hybridized carbons (Fsp3) is 0.846. The number of nitrogens with one attached hydrogen (secondary N) is 4. The summed E-state index contributed by atoms with van der Waals surface area (Å²) in [6, 6.07) is 0.365. The topological polar surface area (TPSA) is 163 Å². The first-order valence-corrected chi connectivity index (χ1v) is 14.9. The molecule has 230 valence electrons. The van der Waals surface area contributed by atoms with Crippen LogP contribution in [0.3, 0.4) is 0 Å². The summed E-state index contributed by atoms with van der Waals surface area (Å²) in [5.41, 5.74) is -0.540. The number of hydrogen-bond acceptors (Lipinski definition) is 10. The summed E-state index contributed by atoms with van der Waals surface area (Å²) >= 11 is 1.88. The fourth-order valence-electron chi connectivity index (χ4n) is 4.07. The van der Waals surface area contributed by atoms with Crippen molar-refractivity contribution < 1.29 is 42.9 Å². The summed E-state index contributed by atoms with van der Waals surface area (Å²) < 4.78 is 26.3. The van der Waals surface area contributed by atoms with Gasteiger partial charge in [-0.1, -0.05) is 6.42 Å². The molecule has 40 heavy (non-hydrogen) atoms. The molecule has 2 saturated heterocycles. The van der Waals surface area contributed by atoms with Crippen molar-refractivity contribution in [3.05, 3.63) is 0 Å². The Morgan fingerprint density at radius 1 is 0.850 bits per heavy atom. The minimum absolute atomic E-state index is 0.00149. The summed E-state index contributed by atoms with van der Waals surface area (Å²) in [7, 11) is 0. The van der Waals surface area contributed by atoms with E-state index >= 15 is 0 Å². The van der Waals surface area contributed by atoms with Crippen LogP contribution >= 0.6 is 11.8 Å². The van der Waals surface area contributed by atoms with Crippen LogP contribution in [0.2, 0.25) is 0 Å². The van der Waals surface area contributed by atoms with Gasteiger partial charge in [0, 0.05) is 30.5 Å². The number of esters is 1. The number of ether oxygens (including phenoxy) is 5. The first-order valence-electron chi connectivity index (χ1n) is 13.9. The molecule has 0 aromatic rings. The number of urea groups is 1. The standard InChI is InChI=1S/C26H46N4O9S/c1-26(2,3)39-23(33)17-38-15-13-36-11-9-28-22(32)16-37-14-12-35-10-8-27-21(31)7-5-4-6-20-24-19(18-40-20)29-25(34)30-24/h19-20,24H,4-18H2,1-3H3,(H,27,31)(H,28,32)(H2,29,30,34)/t19-,20-,24-/m0/s1. The number of carbonyl (C=O) groups excluding carboxylic acids is 4. The molecule has 2 aliphatic rings. The lowest BCUT2D eigenvalue weighted by Gasteiger charge is -2.19. The molecule has 0 bridgehead atoms. The van der Waals surface area contributed by atoms with E-state index in [1.807, 2.05) is 11.8 Å². The molecule has 0 aromatic heterocycles. The maximum absolute atomic E-state index is 12.0. The van der Waals surface area contributed by atoms with E-state index in [2.05, 4.69) is 21.3 Å². The molecule has 3 atom stereocenters. The van der Waals surface area contributed by atoms with Crippen LogP contribution in [0, 0.1) is 0 Å². The van der Waals surface area contributed by atoms with Crippen LogP contribution < -0.4 is 21.3 Å². The molecule has 2 rings (SSSR count). The molecule has 14 heteroatoms. The molecule has 4 amide bonds. The zero-order valence-electron chi connectivity index (χ0n) is 23.9. The number of unbranched alkanes of at least 4 members (excludes halogenated alkanes) is 1. The number of fused-ring (bicyclic) bond motifs is 1. The molecule has 0 radical (unpaired) electrons. The van der Waals surface area contributed by atoms with Crippen molar-refractivity contribution in [2.24, 2.45) is 0 Å².